The normalized spacial score (nSPS) is 14.5. The fraction of sp³-hybridized carbons (Fsp3) is 0.816. The first-order chi connectivity index (χ1) is 24.0. The average Bonchev–Trinajstić information content (AvgIpc) is 2.96. The summed E-state index contributed by atoms with van der Waals surface area (Å²) in [5, 5.41) is 16.2. The largest absolute Gasteiger partial charge is 0.467 e. The maximum absolute atomic E-state index is 13.7. The highest BCUT2D eigenvalue weighted by molar-refractivity contribution is 5.98. The number of methoxy groups -OCH3 is 1. The molecule has 0 heterocycles. The molecule has 0 spiro atoms. The molecule has 0 aliphatic heterocycles. The fourth-order valence-electron chi connectivity index (χ4n) is 5.30. The minimum absolute atomic E-state index is 0.00686. The molecule has 0 saturated heterocycles. The highest BCUT2D eigenvalue weighted by Gasteiger charge is 2.38. The molecule has 15 heteroatoms. The van der Waals surface area contributed by atoms with E-state index in [1.807, 2.05) is 55.4 Å². The quantitative estimate of drug-likeness (QED) is 0.100. The highest BCUT2D eigenvalue weighted by Crippen LogP contribution is 2.15. The van der Waals surface area contributed by atoms with Crippen LogP contribution in [0.3, 0.4) is 0 Å². The lowest BCUT2D eigenvalue weighted by Crippen LogP contribution is -2.63. The van der Waals surface area contributed by atoms with Crippen molar-refractivity contribution in [3.8, 4) is 0 Å². The van der Waals surface area contributed by atoms with E-state index in [1.54, 1.807) is 20.8 Å². The van der Waals surface area contributed by atoms with Crippen molar-refractivity contribution in [3.63, 3.8) is 0 Å². The second-order valence-electron chi connectivity index (χ2n) is 17.6. The molecule has 0 aromatic rings. The number of carbonyl (C=O) groups excluding carboxylic acids is 7. The lowest BCUT2D eigenvalue weighted by atomic mass is 9.96. The van der Waals surface area contributed by atoms with Crippen molar-refractivity contribution >= 4 is 41.6 Å². The summed E-state index contributed by atoms with van der Waals surface area (Å²) in [5.41, 5.74) is -3.67. The van der Waals surface area contributed by atoms with Gasteiger partial charge in [0.15, 0.2) is 0 Å². The molecule has 0 fully saturated rings. The van der Waals surface area contributed by atoms with Gasteiger partial charge in [-0.05, 0) is 97.8 Å². The SMILES string of the molecule is COC(=O)C(C)(C)NC(=O)[C@H](CC(C)C)NC(=O)[C@H](CC(C)C)NC(=O)C(C)(C)NC(=O)[C@@H](CC(C)C)NC(=O)[C@H](CC(C)C)NC(=O)OC(C)(C)C. The number of amides is 6. The predicted molar refractivity (Wildman–Crippen MR) is 203 cm³/mol. The van der Waals surface area contributed by atoms with Crippen LogP contribution in [0.15, 0.2) is 0 Å². The van der Waals surface area contributed by atoms with E-state index in [0.717, 1.165) is 0 Å². The van der Waals surface area contributed by atoms with Crippen LogP contribution >= 0.6 is 0 Å². The van der Waals surface area contributed by atoms with Crippen molar-refractivity contribution in [2.45, 2.75) is 170 Å². The topological polar surface area (TPSA) is 210 Å². The van der Waals surface area contributed by atoms with Crippen LogP contribution in [0.25, 0.3) is 0 Å². The molecule has 0 aliphatic carbocycles. The van der Waals surface area contributed by atoms with Gasteiger partial charge in [-0.25, -0.2) is 9.59 Å². The number of esters is 1. The van der Waals surface area contributed by atoms with E-state index in [4.69, 9.17) is 9.47 Å². The molecule has 53 heavy (non-hydrogen) atoms. The number of carbonyl (C=O) groups is 7. The lowest BCUT2D eigenvalue weighted by molar-refractivity contribution is -0.149. The van der Waals surface area contributed by atoms with Crippen LogP contribution in [0.5, 0.6) is 0 Å². The van der Waals surface area contributed by atoms with Gasteiger partial charge in [-0.2, -0.15) is 0 Å². The van der Waals surface area contributed by atoms with Gasteiger partial charge in [0, 0.05) is 0 Å². The molecule has 0 saturated carbocycles. The first-order valence-corrected chi connectivity index (χ1v) is 18.6. The molecular formula is C38H70N6O9. The highest BCUT2D eigenvalue weighted by atomic mass is 16.6. The molecule has 0 rings (SSSR count). The summed E-state index contributed by atoms with van der Waals surface area (Å²) in [6.45, 7) is 26.1. The number of alkyl carbamates (subject to hydrolysis) is 1. The Morgan fingerprint density at radius 3 is 1.11 bits per heavy atom. The standard InChI is InChI=1S/C38H70N6O9/c1-21(2)17-25(29(45)39-28(20-24(7)8)32(48)44-38(14,15)34(50)52-16)41-33(49)37(12,13)43-31(47)27(19-23(5)6)40-30(46)26(18-22(3)4)42-35(51)53-36(9,10)11/h21-28H,17-20H2,1-16H3,(H,39,45)(H,40,46)(H,41,49)(H,42,51)(H,43,47)(H,44,48)/t25-,26-,27+,28-/m0/s1. The Hall–Kier alpha value is -3.91. The Bertz CT molecular complexity index is 1270. The van der Waals surface area contributed by atoms with Gasteiger partial charge < -0.3 is 41.4 Å². The second-order valence-corrected chi connectivity index (χ2v) is 17.6. The van der Waals surface area contributed by atoms with E-state index in [9.17, 15) is 33.6 Å². The minimum Gasteiger partial charge on any atom is -0.467 e. The molecule has 6 N–H and O–H groups in total. The van der Waals surface area contributed by atoms with Crippen LogP contribution in [0, 0.1) is 23.7 Å². The fourth-order valence-corrected chi connectivity index (χ4v) is 5.30. The molecule has 0 bridgehead atoms. The van der Waals surface area contributed by atoms with Crippen LogP contribution in [0.1, 0.15) is 130 Å². The smallest absolute Gasteiger partial charge is 0.408 e. The Morgan fingerprint density at radius 2 is 0.792 bits per heavy atom. The summed E-state index contributed by atoms with van der Waals surface area (Å²) in [6.07, 6.45) is 0.242. The van der Waals surface area contributed by atoms with Gasteiger partial charge in [-0.15, -0.1) is 0 Å². The number of ether oxygens (including phenoxy) is 2. The van der Waals surface area contributed by atoms with Crippen molar-refractivity contribution in [1.82, 2.24) is 31.9 Å². The van der Waals surface area contributed by atoms with Gasteiger partial charge in [-0.1, -0.05) is 55.4 Å². The lowest BCUT2D eigenvalue weighted by Gasteiger charge is -2.32. The Labute approximate surface area is 317 Å². The van der Waals surface area contributed by atoms with Gasteiger partial charge in [0.05, 0.1) is 7.11 Å². The van der Waals surface area contributed by atoms with Crippen LogP contribution in [-0.4, -0.2) is 89.6 Å². The summed E-state index contributed by atoms with van der Waals surface area (Å²) in [4.78, 5) is 92.7. The van der Waals surface area contributed by atoms with Crippen LogP contribution < -0.4 is 31.9 Å². The third-order valence-corrected chi connectivity index (χ3v) is 7.86. The molecule has 0 aromatic heterocycles. The first kappa shape index (κ1) is 49.1. The van der Waals surface area contributed by atoms with Crippen LogP contribution in [0.2, 0.25) is 0 Å². The molecular weight excluding hydrogens is 684 g/mol. The van der Waals surface area contributed by atoms with Gasteiger partial charge in [-0.3, -0.25) is 24.0 Å². The molecule has 15 nitrogen and oxygen atoms in total. The van der Waals surface area contributed by atoms with Gasteiger partial charge >= 0.3 is 12.1 Å². The monoisotopic (exact) mass is 755 g/mol. The summed E-state index contributed by atoms with van der Waals surface area (Å²) in [6, 6.07) is -4.12. The molecule has 0 aliphatic rings. The van der Waals surface area contributed by atoms with E-state index in [0.29, 0.717) is 0 Å². The Kier molecular flexibility index (Phi) is 19.5. The van der Waals surface area contributed by atoms with Crippen LogP contribution in [-0.2, 0) is 38.2 Å². The molecule has 6 amide bonds. The zero-order valence-electron chi connectivity index (χ0n) is 35.1. The average molecular weight is 755 g/mol. The number of hydrogen-bond acceptors (Lipinski definition) is 9. The van der Waals surface area contributed by atoms with Gasteiger partial charge in [0.2, 0.25) is 29.5 Å². The van der Waals surface area contributed by atoms with Gasteiger partial charge in [0.1, 0.15) is 40.8 Å². The Balaban J connectivity index is 6.13. The van der Waals surface area contributed by atoms with E-state index in [2.05, 4.69) is 31.9 Å². The molecule has 4 atom stereocenters. The number of rotatable bonds is 20. The van der Waals surface area contributed by atoms with E-state index < -0.39 is 82.4 Å². The summed E-state index contributed by atoms with van der Waals surface area (Å²) in [7, 11) is 1.21. The van der Waals surface area contributed by atoms with Crippen molar-refractivity contribution in [1.29, 1.82) is 0 Å². The third-order valence-electron chi connectivity index (χ3n) is 7.86. The van der Waals surface area contributed by atoms with E-state index in [1.165, 1.54) is 34.8 Å². The number of hydrogen-bond donors (Lipinski definition) is 6. The van der Waals surface area contributed by atoms with E-state index >= 15 is 0 Å². The Morgan fingerprint density at radius 1 is 0.472 bits per heavy atom. The predicted octanol–water partition coefficient (Wildman–Crippen LogP) is 3.48. The molecule has 0 unspecified atom stereocenters. The summed E-state index contributed by atoms with van der Waals surface area (Å²) in [5.74, 6) is -3.76. The number of nitrogens with one attached hydrogen (secondary N) is 6. The third kappa shape index (κ3) is 19.1. The second kappa shape index (κ2) is 21.1. The summed E-state index contributed by atoms with van der Waals surface area (Å²) >= 11 is 0. The summed E-state index contributed by atoms with van der Waals surface area (Å²) < 4.78 is 10.1. The maximum atomic E-state index is 13.7. The zero-order valence-corrected chi connectivity index (χ0v) is 35.1. The van der Waals surface area contributed by atoms with Crippen LogP contribution in [0.4, 0.5) is 4.79 Å². The molecule has 306 valence electrons. The maximum Gasteiger partial charge on any atom is 0.408 e. The first-order valence-electron chi connectivity index (χ1n) is 18.6. The molecule has 0 aromatic carbocycles. The minimum atomic E-state index is -1.54. The van der Waals surface area contributed by atoms with Crippen molar-refractivity contribution in [3.05, 3.63) is 0 Å². The van der Waals surface area contributed by atoms with Gasteiger partial charge in [0.25, 0.3) is 0 Å². The van der Waals surface area contributed by atoms with Crippen molar-refractivity contribution in [2.24, 2.45) is 23.7 Å². The van der Waals surface area contributed by atoms with Crippen molar-refractivity contribution < 1.29 is 43.0 Å². The zero-order chi connectivity index (χ0) is 41.6. The van der Waals surface area contributed by atoms with Crippen molar-refractivity contribution in [2.75, 3.05) is 7.11 Å². The molecule has 0 radical (unpaired) electrons. The van der Waals surface area contributed by atoms with E-state index in [-0.39, 0.29) is 49.4 Å².